The number of carbonyl (C=O) groups is 1. The average Bonchev–Trinajstić information content (AvgIpc) is 2.81. The molecule has 0 amide bonds. The number of hydrogen-bond acceptors (Lipinski definition) is 4. The van der Waals surface area contributed by atoms with Crippen LogP contribution in [0.25, 0.3) is 10.9 Å². The van der Waals surface area contributed by atoms with E-state index in [-0.39, 0.29) is 11.4 Å². The zero-order chi connectivity index (χ0) is 16.8. The maximum atomic E-state index is 12.8. The number of benzene rings is 2. The molecule has 7 heteroatoms. The minimum atomic E-state index is -3.69. The predicted octanol–water partition coefficient (Wildman–Crippen LogP) is 3.02. The molecule has 1 heterocycles. The molecule has 0 aliphatic rings. The molecule has 0 fully saturated rings. The lowest BCUT2D eigenvalue weighted by Gasteiger charge is -2.08. The summed E-state index contributed by atoms with van der Waals surface area (Å²) in [5, 5.41) is 0.540. The van der Waals surface area contributed by atoms with Crippen LogP contribution in [0.1, 0.15) is 16.1 Å². The summed E-state index contributed by atoms with van der Waals surface area (Å²) in [6.07, 6.45) is 1.05. The first-order valence-electron chi connectivity index (χ1n) is 6.70. The van der Waals surface area contributed by atoms with Crippen LogP contribution in [0.4, 0.5) is 5.69 Å². The molecule has 0 aliphatic carbocycles. The van der Waals surface area contributed by atoms with Crippen molar-refractivity contribution in [3.8, 4) is 0 Å². The molecular formula is C16H13BrN2O3S. The normalized spacial score (nSPS) is 11.7. The fraction of sp³-hybridized carbons (Fsp3) is 0.0625. The van der Waals surface area contributed by atoms with E-state index in [1.165, 1.54) is 0 Å². The van der Waals surface area contributed by atoms with Crippen LogP contribution in [0.2, 0.25) is 0 Å². The van der Waals surface area contributed by atoms with Gasteiger partial charge in [0, 0.05) is 15.4 Å². The summed E-state index contributed by atoms with van der Waals surface area (Å²) in [4.78, 5) is 12.8. The lowest BCUT2D eigenvalue weighted by molar-refractivity contribution is 0.103. The first-order valence-corrected chi connectivity index (χ1v) is 9.34. The van der Waals surface area contributed by atoms with Crippen LogP contribution in [0.15, 0.2) is 53.0 Å². The van der Waals surface area contributed by atoms with Gasteiger partial charge in [-0.3, -0.25) is 4.79 Å². The Morgan fingerprint density at radius 1 is 1.09 bits per heavy atom. The molecule has 0 atom stereocenters. The van der Waals surface area contributed by atoms with E-state index >= 15 is 0 Å². The highest BCUT2D eigenvalue weighted by molar-refractivity contribution is 9.10. The third-order valence-corrected chi connectivity index (χ3v) is 5.10. The van der Waals surface area contributed by atoms with E-state index in [1.54, 1.807) is 48.5 Å². The largest absolute Gasteiger partial charge is 0.396 e. The fourth-order valence-corrected chi connectivity index (χ4v) is 3.83. The van der Waals surface area contributed by atoms with Gasteiger partial charge >= 0.3 is 0 Å². The molecule has 0 saturated heterocycles. The summed E-state index contributed by atoms with van der Waals surface area (Å²) in [5.41, 5.74) is 6.99. The molecule has 0 bridgehead atoms. The van der Waals surface area contributed by atoms with Gasteiger partial charge in [0.25, 0.3) is 0 Å². The Balaban J connectivity index is 2.35. The zero-order valence-corrected chi connectivity index (χ0v) is 14.6. The minimum Gasteiger partial charge on any atom is -0.396 e. The summed E-state index contributed by atoms with van der Waals surface area (Å²) in [7, 11) is -3.69. The fourth-order valence-electron chi connectivity index (χ4n) is 2.53. The highest BCUT2D eigenvalue weighted by Crippen LogP contribution is 2.31. The summed E-state index contributed by atoms with van der Waals surface area (Å²) in [6.45, 7) is 0. The Hall–Kier alpha value is -2.12. The van der Waals surface area contributed by atoms with Crippen molar-refractivity contribution in [2.24, 2.45) is 0 Å². The summed E-state index contributed by atoms with van der Waals surface area (Å²) >= 11 is 3.30. The lowest BCUT2D eigenvalue weighted by atomic mass is 10.1. The van der Waals surface area contributed by atoms with Crippen LogP contribution >= 0.6 is 15.9 Å². The predicted molar refractivity (Wildman–Crippen MR) is 94.2 cm³/mol. The number of nitrogens with two attached hydrogens (primary N) is 1. The van der Waals surface area contributed by atoms with Gasteiger partial charge in [0.2, 0.25) is 15.8 Å². The van der Waals surface area contributed by atoms with Gasteiger partial charge in [0.1, 0.15) is 5.69 Å². The second-order valence-electron chi connectivity index (χ2n) is 5.14. The van der Waals surface area contributed by atoms with Gasteiger partial charge < -0.3 is 5.73 Å². The number of halogens is 1. The molecule has 0 unspecified atom stereocenters. The van der Waals surface area contributed by atoms with E-state index in [1.807, 2.05) is 0 Å². The van der Waals surface area contributed by atoms with Crippen LogP contribution < -0.4 is 5.73 Å². The maximum Gasteiger partial charge on any atom is 0.236 e. The van der Waals surface area contributed by atoms with Crippen LogP contribution in [0.3, 0.4) is 0 Å². The van der Waals surface area contributed by atoms with Gasteiger partial charge in [-0.25, -0.2) is 12.4 Å². The molecule has 0 spiro atoms. The molecule has 3 aromatic rings. The molecule has 3 rings (SSSR count). The quantitative estimate of drug-likeness (QED) is 0.694. The van der Waals surface area contributed by atoms with Crippen LogP contribution in [0.5, 0.6) is 0 Å². The van der Waals surface area contributed by atoms with Crippen LogP contribution in [-0.4, -0.2) is 24.4 Å². The van der Waals surface area contributed by atoms with Crippen molar-refractivity contribution in [2.75, 3.05) is 12.0 Å². The van der Waals surface area contributed by atoms with Gasteiger partial charge in [0.15, 0.2) is 0 Å². The molecule has 0 aliphatic heterocycles. The molecule has 1 aromatic heterocycles. The van der Waals surface area contributed by atoms with Gasteiger partial charge in [-0.15, -0.1) is 0 Å². The Bertz CT molecular complexity index is 1020. The second kappa shape index (κ2) is 5.50. The monoisotopic (exact) mass is 392 g/mol. The maximum absolute atomic E-state index is 12.8. The third-order valence-electron chi connectivity index (χ3n) is 3.52. The number of para-hydroxylation sites is 1. The molecule has 23 heavy (non-hydrogen) atoms. The number of aromatic nitrogens is 1. The first kappa shape index (κ1) is 15.8. The van der Waals surface area contributed by atoms with E-state index in [9.17, 15) is 13.2 Å². The van der Waals surface area contributed by atoms with Crippen LogP contribution in [-0.2, 0) is 10.0 Å². The van der Waals surface area contributed by atoms with Crippen molar-refractivity contribution in [3.05, 3.63) is 64.3 Å². The van der Waals surface area contributed by atoms with Crippen LogP contribution in [0, 0.1) is 0 Å². The van der Waals surface area contributed by atoms with Gasteiger partial charge in [0.05, 0.1) is 17.5 Å². The molecular weight excluding hydrogens is 380 g/mol. The van der Waals surface area contributed by atoms with E-state index in [2.05, 4.69) is 15.9 Å². The number of nitrogen functional groups attached to an aromatic ring is 1. The van der Waals surface area contributed by atoms with E-state index < -0.39 is 15.8 Å². The number of carbonyl (C=O) groups excluding carboxylic acids is 1. The molecule has 0 saturated carbocycles. The van der Waals surface area contributed by atoms with E-state index in [0.29, 0.717) is 16.5 Å². The summed E-state index contributed by atoms with van der Waals surface area (Å²) in [5.74, 6) is -0.434. The van der Waals surface area contributed by atoms with E-state index in [4.69, 9.17) is 5.73 Å². The zero-order valence-electron chi connectivity index (χ0n) is 12.2. The number of nitrogens with zero attached hydrogens (tertiary/aromatic N) is 1. The number of ketones is 1. The molecule has 5 nitrogen and oxygen atoms in total. The van der Waals surface area contributed by atoms with Crippen molar-refractivity contribution < 1.29 is 13.2 Å². The number of anilines is 1. The smallest absolute Gasteiger partial charge is 0.236 e. The van der Waals surface area contributed by atoms with E-state index in [0.717, 1.165) is 14.7 Å². The Morgan fingerprint density at radius 3 is 2.30 bits per heavy atom. The van der Waals surface area contributed by atoms with Crippen molar-refractivity contribution in [3.63, 3.8) is 0 Å². The standard InChI is InChI=1S/C16H13BrN2O3S/c1-23(21,22)19-13-5-3-2-4-12(13)14(18)15(19)16(20)10-6-8-11(17)9-7-10/h2-9H,18H2,1H3. The van der Waals surface area contributed by atoms with Crippen molar-refractivity contribution in [1.29, 1.82) is 0 Å². The van der Waals surface area contributed by atoms with Crippen molar-refractivity contribution >= 4 is 48.3 Å². The van der Waals surface area contributed by atoms with Crippen molar-refractivity contribution in [2.45, 2.75) is 0 Å². The average molecular weight is 393 g/mol. The number of hydrogen-bond donors (Lipinski definition) is 1. The third kappa shape index (κ3) is 2.66. The first-order chi connectivity index (χ1) is 10.8. The lowest BCUT2D eigenvalue weighted by Crippen LogP contribution is -2.18. The molecule has 2 aromatic carbocycles. The molecule has 0 radical (unpaired) electrons. The highest BCUT2D eigenvalue weighted by Gasteiger charge is 2.26. The summed E-state index contributed by atoms with van der Waals surface area (Å²) in [6, 6.07) is 13.5. The minimum absolute atomic E-state index is 0.0315. The molecule has 118 valence electrons. The Kier molecular flexibility index (Phi) is 3.77. The SMILES string of the molecule is CS(=O)(=O)n1c(C(=O)c2ccc(Br)cc2)c(N)c2ccccc21. The van der Waals surface area contributed by atoms with Gasteiger partial charge in [-0.05, 0) is 30.3 Å². The highest BCUT2D eigenvalue weighted by atomic mass is 79.9. The molecule has 2 N–H and O–H groups in total. The number of rotatable bonds is 3. The number of fused-ring (bicyclic) bond motifs is 1. The van der Waals surface area contributed by atoms with Gasteiger partial charge in [-0.1, -0.05) is 34.1 Å². The van der Waals surface area contributed by atoms with Crippen molar-refractivity contribution in [1.82, 2.24) is 3.97 Å². The summed E-state index contributed by atoms with van der Waals surface area (Å²) < 4.78 is 26.3. The topological polar surface area (TPSA) is 82.2 Å². The Labute approximate surface area is 141 Å². The second-order valence-corrected chi connectivity index (χ2v) is 7.89. The Morgan fingerprint density at radius 2 is 1.70 bits per heavy atom. The van der Waals surface area contributed by atoms with Gasteiger partial charge in [-0.2, -0.15) is 0 Å².